The molecule has 1 N–H and O–H groups in total. The lowest BCUT2D eigenvalue weighted by Crippen LogP contribution is -2.44. The molecular weight excluding hydrogens is 316 g/mol. The molecule has 138 valence electrons. The minimum Gasteiger partial charge on any atom is -0.338 e. The Morgan fingerprint density at radius 3 is 2.44 bits per heavy atom. The Kier molecular flexibility index (Phi) is 4.92. The van der Waals surface area contributed by atoms with E-state index in [1.807, 2.05) is 11.8 Å². The molecule has 2 aliphatic heterocycles. The number of amides is 2. The molecular formula is C18H30N6O. The molecule has 4 rings (SSSR count). The summed E-state index contributed by atoms with van der Waals surface area (Å²) in [6.45, 7) is 7.61. The number of aromatic nitrogens is 3. The second-order valence-corrected chi connectivity index (χ2v) is 7.66. The first-order chi connectivity index (χ1) is 12.3. The molecule has 3 fully saturated rings. The maximum Gasteiger partial charge on any atom is 0.317 e. The fourth-order valence-electron chi connectivity index (χ4n) is 4.20. The van der Waals surface area contributed by atoms with Gasteiger partial charge in [-0.1, -0.05) is 0 Å². The molecule has 0 aromatic carbocycles. The highest BCUT2D eigenvalue weighted by atomic mass is 16.2. The summed E-state index contributed by atoms with van der Waals surface area (Å²) in [5.74, 6) is 2.77. The van der Waals surface area contributed by atoms with Crippen LogP contribution in [0, 0.1) is 0 Å². The molecule has 1 aromatic heterocycles. The van der Waals surface area contributed by atoms with Crippen LogP contribution in [0.1, 0.15) is 69.1 Å². The van der Waals surface area contributed by atoms with E-state index < -0.39 is 0 Å². The lowest BCUT2D eigenvalue weighted by molar-refractivity contribution is 0.180. The SMILES string of the molecule is CCNC(=O)N1CCC(c2nnc(CN3CCCC3)n2C2CC2)CC1. The quantitative estimate of drug-likeness (QED) is 0.887. The van der Waals surface area contributed by atoms with Crippen molar-refractivity contribution in [1.82, 2.24) is 29.9 Å². The van der Waals surface area contributed by atoms with Gasteiger partial charge in [0.2, 0.25) is 0 Å². The van der Waals surface area contributed by atoms with Crippen LogP contribution in [-0.2, 0) is 6.54 Å². The van der Waals surface area contributed by atoms with Gasteiger partial charge in [-0.15, -0.1) is 10.2 Å². The van der Waals surface area contributed by atoms with Gasteiger partial charge in [-0.3, -0.25) is 4.90 Å². The van der Waals surface area contributed by atoms with Gasteiger partial charge in [0.15, 0.2) is 0 Å². The second kappa shape index (κ2) is 7.32. The van der Waals surface area contributed by atoms with E-state index in [1.54, 1.807) is 0 Å². The van der Waals surface area contributed by atoms with Gasteiger partial charge < -0.3 is 14.8 Å². The van der Waals surface area contributed by atoms with Gasteiger partial charge in [-0.2, -0.15) is 0 Å². The molecule has 1 saturated carbocycles. The fourth-order valence-corrected chi connectivity index (χ4v) is 4.20. The zero-order valence-corrected chi connectivity index (χ0v) is 15.3. The van der Waals surface area contributed by atoms with Crippen molar-refractivity contribution in [2.75, 3.05) is 32.7 Å². The Balaban J connectivity index is 1.44. The van der Waals surface area contributed by atoms with Crippen molar-refractivity contribution in [3.8, 4) is 0 Å². The number of hydrogen-bond donors (Lipinski definition) is 1. The number of rotatable bonds is 5. The van der Waals surface area contributed by atoms with Gasteiger partial charge >= 0.3 is 6.03 Å². The van der Waals surface area contributed by atoms with Crippen molar-refractivity contribution < 1.29 is 4.79 Å². The largest absolute Gasteiger partial charge is 0.338 e. The zero-order chi connectivity index (χ0) is 17.2. The zero-order valence-electron chi connectivity index (χ0n) is 15.3. The smallest absolute Gasteiger partial charge is 0.317 e. The molecule has 0 spiro atoms. The number of nitrogens with one attached hydrogen (secondary N) is 1. The number of likely N-dealkylation sites (tertiary alicyclic amines) is 2. The van der Waals surface area contributed by atoms with Gasteiger partial charge in [0.25, 0.3) is 0 Å². The molecule has 7 heteroatoms. The standard InChI is InChI=1S/C18H30N6O/c1-2-19-18(25)23-11-7-14(8-12-23)17-21-20-16(24(17)15-5-6-15)13-22-9-3-4-10-22/h14-15H,2-13H2,1H3,(H,19,25). The van der Waals surface area contributed by atoms with Crippen LogP contribution in [0.3, 0.4) is 0 Å². The summed E-state index contributed by atoms with van der Waals surface area (Å²) in [5.41, 5.74) is 0. The molecule has 1 aromatic rings. The average molecular weight is 346 g/mol. The molecule has 3 heterocycles. The number of piperidine rings is 1. The molecule has 25 heavy (non-hydrogen) atoms. The van der Waals surface area contributed by atoms with E-state index in [4.69, 9.17) is 0 Å². The van der Waals surface area contributed by atoms with E-state index in [-0.39, 0.29) is 6.03 Å². The topological polar surface area (TPSA) is 66.3 Å². The van der Waals surface area contributed by atoms with Crippen LogP contribution in [0.25, 0.3) is 0 Å². The second-order valence-electron chi connectivity index (χ2n) is 7.66. The summed E-state index contributed by atoms with van der Waals surface area (Å²) in [6.07, 6.45) is 7.12. The third-order valence-corrected chi connectivity index (χ3v) is 5.74. The van der Waals surface area contributed by atoms with Crippen LogP contribution in [-0.4, -0.2) is 63.3 Å². The average Bonchev–Trinajstić information content (AvgIpc) is 3.17. The molecule has 2 amide bonds. The Bertz CT molecular complexity index is 597. The lowest BCUT2D eigenvalue weighted by Gasteiger charge is -2.31. The van der Waals surface area contributed by atoms with E-state index in [9.17, 15) is 4.79 Å². The number of nitrogens with zero attached hydrogens (tertiary/aromatic N) is 5. The van der Waals surface area contributed by atoms with Crippen LogP contribution in [0.5, 0.6) is 0 Å². The van der Waals surface area contributed by atoms with Crippen molar-refractivity contribution in [3.05, 3.63) is 11.6 Å². The van der Waals surface area contributed by atoms with Gasteiger partial charge in [0.05, 0.1) is 6.54 Å². The monoisotopic (exact) mass is 346 g/mol. The van der Waals surface area contributed by atoms with Crippen molar-refractivity contribution >= 4 is 6.03 Å². The summed E-state index contributed by atoms with van der Waals surface area (Å²) in [6, 6.07) is 0.684. The summed E-state index contributed by atoms with van der Waals surface area (Å²) < 4.78 is 2.45. The Labute approximate surface area is 149 Å². The van der Waals surface area contributed by atoms with E-state index in [2.05, 4.69) is 25.0 Å². The summed E-state index contributed by atoms with van der Waals surface area (Å²) in [7, 11) is 0. The summed E-state index contributed by atoms with van der Waals surface area (Å²) >= 11 is 0. The van der Waals surface area contributed by atoms with E-state index in [0.717, 1.165) is 38.3 Å². The molecule has 0 radical (unpaired) electrons. The normalized spacial score (nSPS) is 22.5. The van der Waals surface area contributed by atoms with Gasteiger partial charge in [0.1, 0.15) is 11.6 Å². The highest BCUT2D eigenvalue weighted by molar-refractivity contribution is 5.74. The highest BCUT2D eigenvalue weighted by Crippen LogP contribution is 2.40. The van der Waals surface area contributed by atoms with Crippen LogP contribution in [0.4, 0.5) is 4.79 Å². The van der Waals surface area contributed by atoms with E-state index >= 15 is 0 Å². The lowest BCUT2D eigenvalue weighted by atomic mass is 9.96. The van der Waals surface area contributed by atoms with E-state index in [0.29, 0.717) is 18.5 Å². The molecule has 2 saturated heterocycles. The molecule has 1 aliphatic carbocycles. The van der Waals surface area contributed by atoms with E-state index in [1.165, 1.54) is 44.6 Å². The Hall–Kier alpha value is -1.63. The first kappa shape index (κ1) is 16.8. The maximum absolute atomic E-state index is 12.0. The number of carbonyl (C=O) groups is 1. The number of carbonyl (C=O) groups excluding carboxylic acids is 1. The van der Waals surface area contributed by atoms with Gasteiger partial charge in [-0.25, -0.2) is 4.79 Å². The maximum atomic E-state index is 12.0. The van der Waals surface area contributed by atoms with Crippen LogP contribution < -0.4 is 5.32 Å². The number of hydrogen-bond acceptors (Lipinski definition) is 4. The van der Waals surface area contributed by atoms with Crippen molar-refractivity contribution in [3.63, 3.8) is 0 Å². The van der Waals surface area contributed by atoms with Crippen molar-refractivity contribution in [2.45, 2.75) is 64.0 Å². The summed E-state index contributed by atoms with van der Waals surface area (Å²) in [4.78, 5) is 16.4. The van der Waals surface area contributed by atoms with Crippen LogP contribution >= 0.6 is 0 Å². The van der Waals surface area contributed by atoms with Crippen LogP contribution in [0.2, 0.25) is 0 Å². The molecule has 0 bridgehead atoms. The minimum atomic E-state index is 0.0688. The van der Waals surface area contributed by atoms with Crippen molar-refractivity contribution in [1.29, 1.82) is 0 Å². The predicted octanol–water partition coefficient (Wildman–Crippen LogP) is 2.12. The van der Waals surface area contributed by atoms with Gasteiger partial charge in [0, 0.05) is 31.6 Å². The third-order valence-electron chi connectivity index (χ3n) is 5.74. The Morgan fingerprint density at radius 1 is 1.08 bits per heavy atom. The first-order valence-corrected chi connectivity index (χ1v) is 9.95. The van der Waals surface area contributed by atoms with Crippen molar-refractivity contribution in [2.24, 2.45) is 0 Å². The fraction of sp³-hybridized carbons (Fsp3) is 0.833. The summed E-state index contributed by atoms with van der Waals surface area (Å²) in [5, 5.41) is 12.1. The first-order valence-electron chi connectivity index (χ1n) is 9.95. The highest BCUT2D eigenvalue weighted by Gasteiger charge is 2.34. The molecule has 0 atom stereocenters. The number of urea groups is 1. The minimum absolute atomic E-state index is 0.0688. The molecule has 3 aliphatic rings. The predicted molar refractivity (Wildman–Crippen MR) is 95.4 cm³/mol. The Morgan fingerprint density at radius 2 is 1.80 bits per heavy atom. The van der Waals surface area contributed by atoms with Gasteiger partial charge in [-0.05, 0) is 58.5 Å². The van der Waals surface area contributed by atoms with Crippen LogP contribution in [0.15, 0.2) is 0 Å². The molecule has 0 unspecified atom stereocenters. The molecule has 7 nitrogen and oxygen atoms in total. The third kappa shape index (κ3) is 3.66.